The van der Waals surface area contributed by atoms with Crippen molar-refractivity contribution in [1.29, 1.82) is 0 Å². The smallest absolute Gasteiger partial charge is 0.201 e. The fourth-order valence-corrected chi connectivity index (χ4v) is 5.95. The van der Waals surface area contributed by atoms with Gasteiger partial charge >= 0.3 is 43.2 Å². The van der Waals surface area contributed by atoms with Crippen LogP contribution in [0.4, 0.5) is 65.9 Å². The molecular weight excluding hydrogens is 409 g/mol. The van der Waals surface area contributed by atoms with Crippen LogP contribution in [0, 0.1) is 0 Å². The molecular formula is C8H5F15Si. The van der Waals surface area contributed by atoms with E-state index in [1.807, 2.05) is 0 Å². The molecule has 0 radical (unpaired) electrons. The second kappa shape index (κ2) is 5.59. The second-order valence-corrected chi connectivity index (χ2v) is 8.88. The largest absolute Gasteiger partial charge is 0.449 e. The summed E-state index contributed by atoms with van der Waals surface area (Å²) >= 11 is 0. The molecule has 0 aliphatic carbocycles. The van der Waals surface area contributed by atoms with Gasteiger partial charge in [0.25, 0.3) is 0 Å². The monoisotopic (exact) mass is 414 g/mol. The summed E-state index contributed by atoms with van der Waals surface area (Å²) < 4.78 is 190. The normalized spacial score (nSPS) is 16.5. The van der Waals surface area contributed by atoms with E-state index in [0.29, 0.717) is 0 Å². The van der Waals surface area contributed by atoms with Crippen LogP contribution < -0.4 is 0 Å². The van der Waals surface area contributed by atoms with E-state index in [-0.39, 0.29) is 0 Å². The van der Waals surface area contributed by atoms with Gasteiger partial charge in [-0.3, -0.25) is 0 Å². The maximum atomic E-state index is 13.3. The van der Waals surface area contributed by atoms with Gasteiger partial charge in [-0.2, -0.15) is 39.5 Å². The summed E-state index contributed by atoms with van der Waals surface area (Å²) in [4.78, 5) is 0. The molecule has 0 aliphatic heterocycles. The lowest BCUT2D eigenvalue weighted by Gasteiger charge is -2.47. The average Bonchev–Trinajstić information content (AvgIpc) is 2.24. The Balaban J connectivity index is 7.22. The third-order valence-corrected chi connectivity index (χ3v) is 8.33. The molecule has 146 valence electrons. The number of hydrogen-bond acceptors (Lipinski definition) is 0. The molecule has 0 N–H and O–H groups in total. The van der Waals surface area contributed by atoms with Gasteiger partial charge in [0.15, 0.2) is 0 Å². The maximum absolute atomic E-state index is 13.3. The summed E-state index contributed by atoms with van der Waals surface area (Å²) in [6.07, 6.45) is -22.5. The Morgan fingerprint density at radius 3 is 0.708 bits per heavy atom. The fraction of sp³-hybridized carbons (Fsp3) is 1.00. The molecule has 0 bridgehead atoms. The van der Waals surface area contributed by atoms with Gasteiger partial charge in [0.1, 0.15) is 0 Å². The zero-order chi connectivity index (χ0) is 20.2. The first-order valence-corrected chi connectivity index (χ1v) is 7.60. The van der Waals surface area contributed by atoms with E-state index in [0.717, 1.165) is 0 Å². The van der Waals surface area contributed by atoms with E-state index in [4.69, 9.17) is 0 Å². The first kappa shape index (κ1) is 23.2. The fourth-order valence-electron chi connectivity index (χ4n) is 1.98. The zero-order valence-corrected chi connectivity index (χ0v) is 11.9. The highest BCUT2D eigenvalue weighted by Crippen LogP contribution is 2.62. The summed E-state index contributed by atoms with van der Waals surface area (Å²) in [7, 11) is -9.23. The SMILES string of the molecule is CC[Si](C(F)(F)C(F)(F)F)(C(F)(F)C(F)(F)F)C(F)(F)C(F)(F)F. The van der Waals surface area contributed by atoms with Gasteiger partial charge in [-0.25, -0.2) is 26.3 Å². The quantitative estimate of drug-likeness (QED) is 0.411. The van der Waals surface area contributed by atoms with E-state index < -0.39 is 56.2 Å². The van der Waals surface area contributed by atoms with Crippen LogP contribution in [0.15, 0.2) is 0 Å². The van der Waals surface area contributed by atoms with Crippen molar-refractivity contribution in [3.8, 4) is 0 Å². The Kier molecular flexibility index (Phi) is 5.39. The average molecular weight is 414 g/mol. The van der Waals surface area contributed by atoms with Gasteiger partial charge in [-0.1, -0.05) is 6.92 Å². The van der Waals surface area contributed by atoms with Crippen molar-refractivity contribution in [3.05, 3.63) is 0 Å². The minimum Gasteiger partial charge on any atom is -0.201 e. The van der Waals surface area contributed by atoms with Crippen LogP contribution in [0.5, 0.6) is 0 Å². The van der Waals surface area contributed by atoms with Crippen LogP contribution in [0.3, 0.4) is 0 Å². The van der Waals surface area contributed by atoms with Gasteiger partial charge in [0.2, 0.25) is 0 Å². The third kappa shape index (κ3) is 2.73. The Hall–Kier alpha value is -0.833. The Morgan fingerprint density at radius 2 is 0.625 bits per heavy atom. The van der Waals surface area contributed by atoms with Crippen molar-refractivity contribution in [2.45, 2.75) is 48.1 Å². The predicted molar refractivity (Wildman–Crippen MR) is 49.2 cm³/mol. The van der Waals surface area contributed by atoms with Crippen molar-refractivity contribution in [1.82, 2.24) is 0 Å². The molecule has 0 atom stereocenters. The van der Waals surface area contributed by atoms with Crippen LogP contribution in [0.25, 0.3) is 0 Å². The highest BCUT2D eigenvalue weighted by molar-refractivity contribution is 6.87. The van der Waals surface area contributed by atoms with Crippen molar-refractivity contribution in [3.63, 3.8) is 0 Å². The number of alkyl halides is 15. The van der Waals surface area contributed by atoms with Gasteiger partial charge in [-0.05, 0) is 6.04 Å². The molecule has 0 unspecified atom stereocenters. The van der Waals surface area contributed by atoms with Gasteiger partial charge in [-0.15, -0.1) is 0 Å². The molecule has 0 saturated carbocycles. The predicted octanol–water partition coefficient (Wildman–Crippen LogP) is 5.67. The van der Waals surface area contributed by atoms with Gasteiger partial charge < -0.3 is 0 Å². The minimum absolute atomic E-state index is 0.439. The first-order chi connectivity index (χ1) is 10.1. The van der Waals surface area contributed by atoms with Crippen LogP contribution >= 0.6 is 0 Å². The van der Waals surface area contributed by atoms with E-state index in [9.17, 15) is 65.9 Å². The van der Waals surface area contributed by atoms with E-state index in [1.54, 1.807) is 0 Å². The molecule has 24 heavy (non-hydrogen) atoms. The van der Waals surface area contributed by atoms with Crippen LogP contribution in [0.2, 0.25) is 6.04 Å². The Morgan fingerprint density at radius 1 is 0.458 bits per heavy atom. The molecule has 0 spiro atoms. The van der Waals surface area contributed by atoms with Crippen LogP contribution in [-0.2, 0) is 0 Å². The molecule has 0 aliphatic rings. The van der Waals surface area contributed by atoms with Crippen molar-refractivity contribution >= 4 is 8.07 Å². The molecule has 0 amide bonds. The lowest BCUT2D eigenvalue weighted by atomic mass is 10.6. The summed E-state index contributed by atoms with van der Waals surface area (Å²) in [6, 6.07) is -3.07. The van der Waals surface area contributed by atoms with Crippen LogP contribution in [-0.4, -0.2) is 43.2 Å². The Bertz CT molecular complexity index is 387. The summed E-state index contributed by atoms with van der Waals surface area (Å²) in [5, 5.41) is 0. The summed E-state index contributed by atoms with van der Waals surface area (Å²) in [6.45, 7) is -0.439. The molecule has 0 heterocycles. The van der Waals surface area contributed by atoms with Crippen molar-refractivity contribution in [2.75, 3.05) is 0 Å². The molecule has 0 aromatic carbocycles. The number of halogens is 15. The standard InChI is InChI=1S/C8H5F15Si/c1-2-24(6(18,19)3(9,10)11,7(20,21)4(12,13)14)8(22,23)5(15,16)17/h2H2,1H3. The molecule has 16 heteroatoms. The molecule has 0 saturated heterocycles. The van der Waals surface area contributed by atoms with Gasteiger partial charge in [0, 0.05) is 0 Å². The van der Waals surface area contributed by atoms with E-state index in [2.05, 4.69) is 0 Å². The lowest BCUT2D eigenvalue weighted by Crippen LogP contribution is -2.84. The number of hydrogen-bond donors (Lipinski definition) is 0. The van der Waals surface area contributed by atoms with Gasteiger partial charge in [0.05, 0.1) is 0 Å². The molecule has 0 aromatic heterocycles. The van der Waals surface area contributed by atoms with E-state index in [1.165, 1.54) is 0 Å². The number of rotatable bonds is 4. The summed E-state index contributed by atoms with van der Waals surface area (Å²) in [5.74, 6) is 0. The van der Waals surface area contributed by atoms with Crippen molar-refractivity contribution in [2.24, 2.45) is 0 Å². The minimum atomic E-state index is -9.23. The molecule has 0 nitrogen and oxygen atoms in total. The zero-order valence-electron chi connectivity index (χ0n) is 10.9. The van der Waals surface area contributed by atoms with Crippen molar-refractivity contribution < 1.29 is 65.9 Å². The third-order valence-electron chi connectivity index (χ3n) is 3.21. The first-order valence-electron chi connectivity index (χ1n) is 5.40. The lowest BCUT2D eigenvalue weighted by molar-refractivity contribution is -0.304. The van der Waals surface area contributed by atoms with Crippen LogP contribution in [0.1, 0.15) is 6.92 Å². The van der Waals surface area contributed by atoms with E-state index >= 15 is 0 Å². The molecule has 0 fully saturated rings. The maximum Gasteiger partial charge on any atom is 0.449 e. The highest BCUT2D eigenvalue weighted by Gasteiger charge is 2.97. The Labute approximate surface area is 123 Å². The summed E-state index contributed by atoms with van der Waals surface area (Å²) in [5.41, 5.74) is -22.9. The molecule has 0 rings (SSSR count). The second-order valence-electron chi connectivity index (χ2n) is 4.48. The topological polar surface area (TPSA) is 0 Å². The molecule has 0 aromatic rings. The highest BCUT2D eigenvalue weighted by atomic mass is 28.3.